The molecule has 0 saturated heterocycles. The van der Waals surface area contributed by atoms with E-state index in [-0.39, 0.29) is 29.7 Å². The third-order valence-electron chi connectivity index (χ3n) is 5.62. The molecule has 0 aliphatic carbocycles. The van der Waals surface area contributed by atoms with Gasteiger partial charge in [0.15, 0.2) is 5.82 Å². The molecule has 0 radical (unpaired) electrons. The number of para-hydroxylation sites is 1. The molecule has 1 aliphatic rings. The molecular weight excluding hydrogens is 422 g/mol. The number of aromatic nitrogens is 3. The highest BCUT2D eigenvalue weighted by atomic mass is 32.2. The van der Waals surface area contributed by atoms with Crippen molar-refractivity contribution in [2.75, 3.05) is 16.5 Å². The first kappa shape index (κ1) is 22.2. The first-order valence-corrected chi connectivity index (χ1v) is 11.7. The third-order valence-corrected chi connectivity index (χ3v) is 6.55. The van der Waals surface area contributed by atoms with Gasteiger partial charge in [0, 0.05) is 11.7 Å². The maximum absolute atomic E-state index is 12.9. The van der Waals surface area contributed by atoms with Gasteiger partial charge in [-0.25, -0.2) is 4.68 Å². The lowest BCUT2D eigenvalue weighted by atomic mass is 9.87. The molecule has 0 spiro atoms. The molecule has 0 bridgehead atoms. The van der Waals surface area contributed by atoms with Gasteiger partial charge >= 0.3 is 0 Å². The summed E-state index contributed by atoms with van der Waals surface area (Å²) in [6, 6.07) is 16.2. The molecule has 32 heavy (non-hydrogen) atoms. The average Bonchev–Trinajstić information content (AvgIpc) is 3.28. The van der Waals surface area contributed by atoms with Crippen molar-refractivity contribution in [2.45, 2.75) is 57.3 Å². The molecule has 1 aromatic heterocycles. The Balaban J connectivity index is 1.35. The summed E-state index contributed by atoms with van der Waals surface area (Å²) in [4.78, 5) is 14.8. The van der Waals surface area contributed by atoms with Crippen molar-refractivity contribution in [1.82, 2.24) is 14.9 Å². The fraction of sp³-hybridized carbons (Fsp3) is 0.375. The van der Waals surface area contributed by atoms with E-state index in [1.165, 1.54) is 27.6 Å². The molecule has 0 fully saturated rings. The van der Waals surface area contributed by atoms with Crippen LogP contribution < -0.4 is 15.5 Å². The second-order valence-corrected chi connectivity index (χ2v) is 10.0. The van der Waals surface area contributed by atoms with Crippen LogP contribution in [-0.2, 0) is 23.2 Å². The number of ether oxygens (including phenoxy) is 1. The van der Waals surface area contributed by atoms with Gasteiger partial charge in [-0.15, -0.1) is 10.2 Å². The highest BCUT2D eigenvalue weighted by Gasteiger charge is 2.30. The van der Waals surface area contributed by atoms with Crippen LogP contribution in [0.2, 0.25) is 0 Å². The molecule has 7 nitrogen and oxygen atoms in total. The molecule has 1 unspecified atom stereocenters. The van der Waals surface area contributed by atoms with Crippen LogP contribution in [-0.4, -0.2) is 32.6 Å². The smallest absolute Gasteiger partial charge is 0.237 e. The minimum absolute atomic E-state index is 0.0344. The van der Waals surface area contributed by atoms with Gasteiger partial charge in [0.25, 0.3) is 0 Å². The minimum atomic E-state index is 0.0344. The molecule has 0 saturated carbocycles. The van der Waals surface area contributed by atoms with Crippen LogP contribution in [0, 0.1) is 0 Å². The van der Waals surface area contributed by atoms with Crippen molar-refractivity contribution < 1.29 is 9.53 Å². The number of hydrogen-bond donors (Lipinski definition) is 1. The van der Waals surface area contributed by atoms with Crippen LogP contribution in [0.5, 0.6) is 5.75 Å². The number of nitrogens with zero attached hydrogens (tertiary/aromatic N) is 4. The van der Waals surface area contributed by atoms with E-state index in [0.29, 0.717) is 11.0 Å². The van der Waals surface area contributed by atoms with Crippen molar-refractivity contribution in [3.8, 4) is 5.75 Å². The quantitative estimate of drug-likeness (QED) is 0.451. The molecule has 168 valence electrons. The standard InChI is InChI=1S/C24H29N5O2S/c1-16-13-17-7-5-6-8-20(17)28(16)22(30)15-32-23-27-26-21(29(23)25)14-31-19-11-9-18(10-12-19)24(2,3)4/h5-12,16H,13-15,25H2,1-4H3. The summed E-state index contributed by atoms with van der Waals surface area (Å²) in [7, 11) is 0. The summed E-state index contributed by atoms with van der Waals surface area (Å²) in [6.45, 7) is 8.79. The van der Waals surface area contributed by atoms with Gasteiger partial charge in [0.2, 0.25) is 11.1 Å². The monoisotopic (exact) mass is 451 g/mol. The zero-order chi connectivity index (χ0) is 22.9. The van der Waals surface area contributed by atoms with Gasteiger partial charge in [-0.3, -0.25) is 4.79 Å². The zero-order valence-corrected chi connectivity index (χ0v) is 19.7. The van der Waals surface area contributed by atoms with E-state index in [9.17, 15) is 4.79 Å². The van der Waals surface area contributed by atoms with E-state index >= 15 is 0 Å². The number of nitrogen functional groups attached to an aromatic ring is 1. The van der Waals surface area contributed by atoms with Crippen LogP contribution in [0.25, 0.3) is 0 Å². The van der Waals surface area contributed by atoms with E-state index in [1.54, 1.807) is 0 Å². The lowest BCUT2D eigenvalue weighted by molar-refractivity contribution is -0.116. The van der Waals surface area contributed by atoms with E-state index in [2.05, 4.69) is 56.1 Å². The topological polar surface area (TPSA) is 86.3 Å². The summed E-state index contributed by atoms with van der Waals surface area (Å²) >= 11 is 1.28. The van der Waals surface area contributed by atoms with Crippen LogP contribution in [0.1, 0.15) is 44.6 Å². The number of hydrogen-bond acceptors (Lipinski definition) is 6. The van der Waals surface area contributed by atoms with Gasteiger partial charge in [-0.1, -0.05) is 62.9 Å². The van der Waals surface area contributed by atoms with E-state index in [0.717, 1.165) is 17.9 Å². The Kier molecular flexibility index (Phi) is 6.15. The molecule has 8 heteroatoms. The second-order valence-electron chi connectivity index (χ2n) is 9.07. The first-order valence-electron chi connectivity index (χ1n) is 10.7. The SMILES string of the molecule is CC1Cc2ccccc2N1C(=O)CSc1nnc(COc2ccc(C(C)(C)C)cc2)n1N. The number of fused-ring (bicyclic) bond motifs is 1. The summed E-state index contributed by atoms with van der Waals surface area (Å²) in [5.74, 6) is 7.67. The van der Waals surface area contributed by atoms with Gasteiger partial charge in [0.05, 0.1) is 5.75 Å². The average molecular weight is 452 g/mol. The van der Waals surface area contributed by atoms with Gasteiger partial charge in [0.1, 0.15) is 12.4 Å². The molecule has 2 heterocycles. The highest BCUT2D eigenvalue weighted by molar-refractivity contribution is 7.99. The number of carbonyl (C=O) groups excluding carboxylic acids is 1. The number of nitrogens with two attached hydrogens (primary N) is 1. The first-order chi connectivity index (χ1) is 15.2. The van der Waals surface area contributed by atoms with Crippen molar-refractivity contribution in [1.29, 1.82) is 0 Å². The van der Waals surface area contributed by atoms with Crippen molar-refractivity contribution in [2.24, 2.45) is 0 Å². The predicted octanol–water partition coefficient (Wildman–Crippen LogP) is 3.94. The molecule has 1 aliphatic heterocycles. The lowest BCUT2D eigenvalue weighted by Crippen LogP contribution is -2.37. The van der Waals surface area contributed by atoms with E-state index in [4.69, 9.17) is 10.6 Å². The van der Waals surface area contributed by atoms with Crippen molar-refractivity contribution in [3.05, 3.63) is 65.5 Å². The fourth-order valence-electron chi connectivity index (χ4n) is 3.84. The van der Waals surface area contributed by atoms with Crippen LogP contribution in [0.15, 0.2) is 53.7 Å². The summed E-state index contributed by atoms with van der Waals surface area (Å²) in [5, 5.41) is 8.75. The van der Waals surface area contributed by atoms with Crippen LogP contribution in [0.4, 0.5) is 5.69 Å². The zero-order valence-electron chi connectivity index (χ0n) is 18.9. The molecule has 3 aromatic rings. The van der Waals surface area contributed by atoms with Gasteiger partial charge < -0.3 is 15.5 Å². The number of carbonyl (C=O) groups is 1. The Bertz CT molecular complexity index is 1100. The largest absolute Gasteiger partial charge is 0.486 e. The van der Waals surface area contributed by atoms with Crippen molar-refractivity contribution in [3.63, 3.8) is 0 Å². The summed E-state index contributed by atoms with van der Waals surface area (Å²) < 4.78 is 7.22. The number of rotatable bonds is 6. The molecule has 1 atom stereocenters. The van der Waals surface area contributed by atoms with Crippen LogP contribution in [0.3, 0.4) is 0 Å². The van der Waals surface area contributed by atoms with E-state index < -0.39 is 0 Å². The maximum atomic E-state index is 12.9. The van der Waals surface area contributed by atoms with Gasteiger partial charge in [-0.05, 0) is 48.1 Å². The second kappa shape index (κ2) is 8.86. The fourth-order valence-corrected chi connectivity index (χ4v) is 4.58. The predicted molar refractivity (Wildman–Crippen MR) is 127 cm³/mol. The minimum Gasteiger partial charge on any atom is -0.486 e. The molecule has 2 N–H and O–H groups in total. The maximum Gasteiger partial charge on any atom is 0.237 e. The molecule has 2 aromatic carbocycles. The summed E-state index contributed by atoms with van der Waals surface area (Å²) in [6.07, 6.45) is 0.873. The number of thioether (sulfide) groups is 1. The van der Waals surface area contributed by atoms with Crippen LogP contribution >= 0.6 is 11.8 Å². The number of benzene rings is 2. The number of amides is 1. The molecule has 4 rings (SSSR count). The Morgan fingerprint density at radius 3 is 2.59 bits per heavy atom. The Hall–Kier alpha value is -3.00. The highest BCUT2D eigenvalue weighted by Crippen LogP contribution is 2.32. The molecule has 1 amide bonds. The Morgan fingerprint density at radius 2 is 1.88 bits per heavy atom. The normalized spacial score (nSPS) is 15.6. The van der Waals surface area contributed by atoms with E-state index in [1.807, 2.05) is 35.2 Å². The Morgan fingerprint density at radius 1 is 1.16 bits per heavy atom. The third kappa shape index (κ3) is 4.60. The number of anilines is 1. The molecular formula is C24H29N5O2S. The lowest BCUT2D eigenvalue weighted by Gasteiger charge is -2.22. The Labute approximate surface area is 192 Å². The van der Waals surface area contributed by atoms with Crippen molar-refractivity contribution >= 4 is 23.4 Å². The van der Waals surface area contributed by atoms with Gasteiger partial charge in [-0.2, -0.15) is 0 Å². The summed E-state index contributed by atoms with van der Waals surface area (Å²) in [5.41, 5.74) is 3.53.